The third kappa shape index (κ3) is 5.32. The highest BCUT2D eigenvalue weighted by Crippen LogP contribution is 2.46. The van der Waals surface area contributed by atoms with Gasteiger partial charge in [-0.05, 0) is 84.8 Å². The molecule has 1 aliphatic heterocycles. The number of nitrogens with one attached hydrogen (secondary N) is 1. The minimum absolute atomic E-state index is 0.194. The van der Waals surface area contributed by atoms with Crippen molar-refractivity contribution in [2.45, 2.75) is 18.9 Å². The third-order valence-corrected chi connectivity index (χ3v) is 7.31. The number of benzene rings is 4. The monoisotopic (exact) mass is 555 g/mol. The summed E-state index contributed by atoms with van der Waals surface area (Å²) < 4.78 is 11.4. The Hall–Kier alpha value is -5.43. The molecule has 7 nitrogen and oxygen atoms in total. The second-order valence-electron chi connectivity index (χ2n) is 10.0. The van der Waals surface area contributed by atoms with Gasteiger partial charge in [0.2, 0.25) is 5.91 Å². The molecule has 2 atom stereocenters. The topological polar surface area (TPSA) is 80.8 Å². The molecule has 0 radical (unpaired) electrons. The Kier molecular flexibility index (Phi) is 7.39. The Balaban J connectivity index is 1.45. The van der Waals surface area contributed by atoms with Gasteiger partial charge in [0.15, 0.2) is 0 Å². The maximum atomic E-state index is 14.2. The number of amides is 2. The summed E-state index contributed by atoms with van der Waals surface area (Å²) in [4.78, 5) is 34.5. The fourth-order valence-corrected chi connectivity index (χ4v) is 5.36. The Morgan fingerprint density at radius 1 is 0.762 bits per heavy atom. The van der Waals surface area contributed by atoms with Gasteiger partial charge in [-0.25, -0.2) is 4.98 Å². The zero-order valence-corrected chi connectivity index (χ0v) is 23.2. The number of carbonyl (C=O) groups is 2. The number of para-hydroxylation sites is 1. The first kappa shape index (κ1) is 26.8. The SMILES string of the molecule is COc1ccc(C2C(C(=O)Nc3cccc(C)n3)c3ccccc3C(=O)N2c2ccc(Oc3ccccc3)cc2)cc1. The molecule has 1 aromatic heterocycles. The van der Waals surface area contributed by atoms with E-state index in [1.165, 1.54) is 0 Å². The van der Waals surface area contributed by atoms with E-state index in [0.717, 1.165) is 11.3 Å². The normalized spacial score (nSPS) is 16.0. The molecule has 7 heteroatoms. The lowest BCUT2D eigenvalue weighted by Crippen LogP contribution is -2.46. The quantitative estimate of drug-likeness (QED) is 0.228. The summed E-state index contributed by atoms with van der Waals surface area (Å²) in [5, 5.41) is 3.01. The van der Waals surface area contributed by atoms with Crippen LogP contribution < -0.4 is 19.7 Å². The van der Waals surface area contributed by atoms with Gasteiger partial charge in [-0.2, -0.15) is 0 Å². The first-order valence-electron chi connectivity index (χ1n) is 13.7. The molecule has 0 aliphatic carbocycles. The molecule has 0 fully saturated rings. The molecule has 2 unspecified atom stereocenters. The number of fused-ring (bicyclic) bond motifs is 1. The minimum atomic E-state index is -0.727. The van der Waals surface area contributed by atoms with Crippen molar-refractivity contribution in [3.05, 3.63) is 144 Å². The predicted molar refractivity (Wildman–Crippen MR) is 162 cm³/mol. The molecular formula is C35H29N3O4. The van der Waals surface area contributed by atoms with E-state index in [1.807, 2.05) is 116 Å². The highest BCUT2D eigenvalue weighted by Gasteiger charge is 2.45. The van der Waals surface area contributed by atoms with E-state index in [-0.39, 0.29) is 11.8 Å². The first-order valence-corrected chi connectivity index (χ1v) is 13.7. The molecule has 0 saturated carbocycles. The number of aromatic nitrogens is 1. The number of pyridine rings is 1. The molecule has 6 rings (SSSR count). The molecule has 208 valence electrons. The molecule has 1 aliphatic rings. The van der Waals surface area contributed by atoms with E-state index in [2.05, 4.69) is 10.3 Å². The fourth-order valence-electron chi connectivity index (χ4n) is 5.36. The van der Waals surface area contributed by atoms with E-state index in [0.29, 0.717) is 39.9 Å². The lowest BCUT2D eigenvalue weighted by Gasteiger charge is -2.41. The van der Waals surface area contributed by atoms with Crippen molar-refractivity contribution in [2.24, 2.45) is 0 Å². The van der Waals surface area contributed by atoms with Crippen LogP contribution in [0, 0.1) is 6.92 Å². The summed E-state index contributed by atoms with van der Waals surface area (Å²) in [6.07, 6.45) is 0. The molecule has 0 bridgehead atoms. The number of rotatable bonds is 7. The van der Waals surface area contributed by atoms with Gasteiger partial charge >= 0.3 is 0 Å². The van der Waals surface area contributed by atoms with Crippen molar-refractivity contribution in [2.75, 3.05) is 17.3 Å². The summed E-state index contributed by atoms with van der Waals surface area (Å²) in [5.74, 6) is 1.30. The Labute approximate surface area is 244 Å². The molecular weight excluding hydrogens is 526 g/mol. The highest BCUT2D eigenvalue weighted by molar-refractivity contribution is 6.12. The van der Waals surface area contributed by atoms with Crippen molar-refractivity contribution < 1.29 is 19.1 Å². The highest BCUT2D eigenvalue weighted by atomic mass is 16.5. The summed E-state index contributed by atoms with van der Waals surface area (Å²) >= 11 is 0. The van der Waals surface area contributed by atoms with Crippen LogP contribution in [-0.2, 0) is 4.79 Å². The van der Waals surface area contributed by atoms with Gasteiger partial charge in [-0.15, -0.1) is 0 Å². The van der Waals surface area contributed by atoms with Crippen molar-refractivity contribution in [3.8, 4) is 17.2 Å². The maximum Gasteiger partial charge on any atom is 0.259 e. The molecule has 0 spiro atoms. The summed E-state index contributed by atoms with van der Waals surface area (Å²) in [6, 6.07) is 36.4. The average Bonchev–Trinajstić information content (AvgIpc) is 3.02. The van der Waals surface area contributed by atoms with Crippen molar-refractivity contribution in [3.63, 3.8) is 0 Å². The smallest absolute Gasteiger partial charge is 0.259 e. The number of aryl methyl sites for hydroxylation is 1. The van der Waals surface area contributed by atoms with Crippen LogP contribution in [0.25, 0.3) is 0 Å². The number of nitrogens with zero attached hydrogens (tertiary/aromatic N) is 2. The number of carbonyl (C=O) groups excluding carboxylic acids is 2. The standard InChI is InChI=1S/C35H29N3O4/c1-23-9-8-14-31(36-23)37-34(39)32-29-12-6-7-13-30(29)35(40)38(33(32)24-15-19-26(41-2)20-16-24)25-17-21-28(22-18-25)42-27-10-4-3-5-11-27/h3-22,32-33H,1-2H3,(H,36,37,39). The van der Waals surface area contributed by atoms with Crippen molar-refractivity contribution in [1.29, 1.82) is 0 Å². The Morgan fingerprint density at radius 3 is 2.14 bits per heavy atom. The molecule has 0 saturated heterocycles. The summed E-state index contributed by atoms with van der Waals surface area (Å²) in [6.45, 7) is 1.87. The predicted octanol–water partition coefficient (Wildman–Crippen LogP) is 7.31. The van der Waals surface area contributed by atoms with E-state index in [9.17, 15) is 9.59 Å². The zero-order valence-electron chi connectivity index (χ0n) is 23.2. The van der Waals surface area contributed by atoms with Crippen LogP contribution in [0.4, 0.5) is 11.5 Å². The van der Waals surface area contributed by atoms with Gasteiger partial charge in [0, 0.05) is 16.9 Å². The van der Waals surface area contributed by atoms with Gasteiger partial charge in [-0.3, -0.25) is 14.5 Å². The fraction of sp³-hybridized carbons (Fsp3) is 0.114. The lowest BCUT2D eigenvalue weighted by atomic mass is 9.78. The van der Waals surface area contributed by atoms with Gasteiger partial charge in [-0.1, -0.05) is 54.6 Å². The van der Waals surface area contributed by atoms with E-state index >= 15 is 0 Å². The van der Waals surface area contributed by atoms with Crippen LogP contribution in [-0.4, -0.2) is 23.9 Å². The number of hydrogen-bond donors (Lipinski definition) is 1. The van der Waals surface area contributed by atoms with Crippen LogP contribution >= 0.6 is 0 Å². The average molecular weight is 556 g/mol. The van der Waals surface area contributed by atoms with Crippen LogP contribution in [0.15, 0.2) is 121 Å². The van der Waals surface area contributed by atoms with Crippen LogP contribution in [0.2, 0.25) is 0 Å². The second kappa shape index (κ2) is 11.6. The second-order valence-corrected chi connectivity index (χ2v) is 10.0. The van der Waals surface area contributed by atoms with E-state index in [4.69, 9.17) is 9.47 Å². The Bertz CT molecular complexity index is 1720. The van der Waals surface area contributed by atoms with Crippen LogP contribution in [0.3, 0.4) is 0 Å². The largest absolute Gasteiger partial charge is 0.497 e. The van der Waals surface area contributed by atoms with E-state index in [1.54, 1.807) is 24.1 Å². The minimum Gasteiger partial charge on any atom is -0.497 e. The maximum absolute atomic E-state index is 14.2. The van der Waals surface area contributed by atoms with Gasteiger partial charge in [0.05, 0.1) is 19.1 Å². The summed E-state index contributed by atoms with van der Waals surface area (Å²) in [7, 11) is 1.60. The van der Waals surface area contributed by atoms with Crippen molar-refractivity contribution in [1.82, 2.24) is 4.98 Å². The van der Waals surface area contributed by atoms with Crippen LogP contribution in [0.5, 0.6) is 17.2 Å². The van der Waals surface area contributed by atoms with Gasteiger partial charge < -0.3 is 14.8 Å². The van der Waals surface area contributed by atoms with Crippen molar-refractivity contribution >= 4 is 23.3 Å². The molecule has 42 heavy (non-hydrogen) atoms. The van der Waals surface area contributed by atoms with Crippen LogP contribution in [0.1, 0.15) is 39.1 Å². The molecule has 4 aromatic carbocycles. The zero-order chi connectivity index (χ0) is 29.1. The van der Waals surface area contributed by atoms with Gasteiger partial charge in [0.25, 0.3) is 5.91 Å². The molecule has 5 aromatic rings. The van der Waals surface area contributed by atoms with Gasteiger partial charge in [0.1, 0.15) is 23.1 Å². The number of methoxy groups -OCH3 is 1. The number of ether oxygens (including phenoxy) is 2. The Morgan fingerprint density at radius 2 is 1.43 bits per heavy atom. The molecule has 1 N–H and O–H groups in total. The number of anilines is 2. The molecule has 2 amide bonds. The first-order chi connectivity index (χ1) is 20.5. The summed E-state index contributed by atoms with van der Waals surface area (Å²) in [5.41, 5.74) is 3.36. The third-order valence-electron chi connectivity index (χ3n) is 7.31. The van der Waals surface area contributed by atoms with E-state index < -0.39 is 12.0 Å². The molecule has 2 heterocycles. The number of hydrogen-bond acceptors (Lipinski definition) is 5. The lowest BCUT2D eigenvalue weighted by molar-refractivity contribution is -0.118.